The van der Waals surface area contributed by atoms with Crippen molar-refractivity contribution in [3.8, 4) is 11.8 Å². The molecule has 25 heavy (non-hydrogen) atoms. The molecule has 0 bridgehead atoms. The third-order valence-electron chi connectivity index (χ3n) is 3.24. The minimum atomic E-state index is -4.50. The van der Waals surface area contributed by atoms with Crippen molar-refractivity contribution in [1.82, 2.24) is 0 Å². The second-order valence-electron chi connectivity index (χ2n) is 4.98. The summed E-state index contributed by atoms with van der Waals surface area (Å²) < 4.78 is 43.2. The Labute approximate surface area is 142 Å². The fourth-order valence-electron chi connectivity index (χ4n) is 1.99. The molecule has 0 radical (unpaired) electrons. The van der Waals surface area contributed by atoms with Crippen LogP contribution < -0.4 is 10.1 Å². The van der Waals surface area contributed by atoms with E-state index in [-0.39, 0.29) is 11.1 Å². The zero-order chi connectivity index (χ0) is 18.4. The highest BCUT2D eigenvalue weighted by Crippen LogP contribution is 2.30. The van der Waals surface area contributed by atoms with Gasteiger partial charge >= 0.3 is 6.18 Å². The Morgan fingerprint density at radius 3 is 2.44 bits per heavy atom. The number of nitriles is 1. The van der Waals surface area contributed by atoms with E-state index < -0.39 is 17.6 Å². The molecule has 0 unspecified atom stereocenters. The van der Waals surface area contributed by atoms with Crippen molar-refractivity contribution >= 4 is 17.7 Å². The van der Waals surface area contributed by atoms with E-state index in [2.05, 4.69) is 5.32 Å². The van der Waals surface area contributed by atoms with Crippen LogP contribution in [0.1, 0.15) is 11.1 Å². The second-order valence-corrected chi connectivity index (χ2v) is 4.98. The van der Waals surface area contributed by atoms with Gasteiger partial charge in [0.1, 0.15) is 17.4 Å². The van der Waals surface area contributed by atoms with Crippen LogP contribution in [0.15, 0.2) is 54.1 Å². The average molecular weight is 346 g/mol. The second kappa shape index (κ2) is 7.53. The highest BCUT2D eigenvalue weighted by molar-refractivity contribution is 6.09. The van der Waals surface area contributed by atoms with Gasteiger partial charge in [0.25, 0.3) is 5.91 Å². The fourth-order valence-corrected chi connectivity index (χ4v) is 1.99. The largest absolute Gasteiger partial charge is 0.497 e. The van der Waals surface area contributed by atoms with Gasteiger partial charge in [-0.3, -0.25) is 4.79 Å². The first-order valence-electron chi connectivity index (χ1n) is 7.08. The standard InChI is InChI=1S/C18H13F3N2O2/c1-25-16-7-5-15(6-8-16)23-17(24)13(11-22)9-12-3-2-4-14(10-12)18(19,20)21/h2-10H,1H3,(H,23,24)/b13-9-. The van der Waals surface area contributed by atoms with Gasteiger partial charge in [-0.1, -0.05) is 12.1 Å². The molecule has 0 atom stereocenters. The van der Waals surface area contributed by atoms with Gasteiger partial charge in [-0.25, -0.2) is 0 Å². The number of halogens is 3. The Morgan fingerprint density at radius 2 is 1.88 bits per heavy atom. The molecule has 0 saturated heterocycles. The Hall–Kier alpha value is -3.27. The predicted octanol–water partition coefficient (Wildman–Crippen LogP) is 4.26. The lowest BCUT2D eigenvalue weighted by Crippen LogP contribution is -2.13. The van der Waals surface area contributed by atoms with Crippen LogP contribution in [-0.4, -0.2) is 13.0 Å². The van der Waals surface area contributed by atoms with Crippen LogP contribution >= 0.6 is 0 Å². The predicted molar refractivity (Wildman–Crippen MR) is 86.7 cm³/mol. The average Bonchev–Trinajstić information content (AvgIpc) is 2.59. The van der Waals surface area contributed by atoms with Crippen molar-refractivity contribution in [2.24, 2.45) is 0 Å². The molecule has 2 aromatic rings. The van der Waals surface area contributed by atoms with E-state index in [0.29, 0.717) is 11.4 Å². The first-order valence-corrected chi connectivity index (χ1v) is 7.08. The Balaban J connectivity index is 2.22. The number of carbonyl (C=O) groups is 1. The summed E-state index contributed by atoms with van der Waals surface area (Å²) in [5.74, 6) is -0.122. The molecule has 0 aliphatic carbocycles. The molecular formula is C18H13F3N2O2. The van der Waals surface area contributed by atoms with Crippen LogP contribution in [0.4, 0.5) is 18.9 Å². The third kappa shape index (κ3) is 4.85. The minimum Gasteiger partial charge on any atom is -0.497 e. The summed E-state index contributed by atoms with van der Waals surface area (Å²) in [7, 11) is 1.50. The van der Waals surface area contributed by atoms with E-state index >= 15 is 0 Å². The first kappa shape index (κ1) is 18.1. The minimum absolute atomic E-state index is 0.108. The highest BCUT2D eigenvalue weighted by Gasteiger charge is 2.30. The number of ether oxygens (including phenoxy) is 1. The lowest BCUT2D eigenvalue weighted by Gasteiger charge is -2.08. The Bertz CT molecular complexity index is 835. The smallest absolute Gasteiger partial charge is 0.416 e. The number of carbonyl (C=O) groups excluding carboxylic acids is 1. The fraction of sp³-hybridized carbons (Fsp3) is 0.111. The van der Waals surface area contributed by atoms with Gasteiger partial charge in [0.15, 0.2) is 0 Å². The van der Waals surface area contributed by atoms with Crippen molar-refractivity contribution in [3.63, 3.8) is 0 Å². The van der Waals surface area contributed by atoms with Crippen LogP contribution in [0, 0.1) is 11.3 Å². The van der Waals surface area contributed by atoms with Gasteiger partial charge in [0, 0.05) is 5.69 Å². The number of methoxy groups -OCH3 is 1. The van der Waals surface area contributed by atoms with Crippen LogP contribution in [0.5, 0.6) is 5.75 Å². The summed E-state index contributed by atoms with van der Waals surface area (Å²) in [6.45, 7) is 0. The van der Waals surface area contributed by atoms with Gasteiger partial charge in [-0.2, -0.15) is 18.4 Å². The summed E-state index contributed by atoms with van der Waals surface area (Å²) in [4.78, 5) is 12.1. The van der Waals surface area contributed by atoms with E-state index in [9.17, 15) is 18.0 Å². The lowest BCUT2D eigenvalue weighted by atomic mass is 10.1. The summed E-state index contributed by atoms with van der Waals surface area (Å²) in [5, 5.41) is 11.6. The zero-order valence-corrected chi connectivity index (χ0v) is 13.1. The van der Waals surface area contributed by atoms with Crippen molar-refractivity contribution < 1.29 is 22.7 Å². The number of nitrogens with zero attached hydrogens (tertiary/aromatic N) is 1. The van der Waals surface area contributed by atoms with E-state index in [0.717, 1.165) is 18.2 Å². The quantitative estimate of drug-likeness (QED) is 0.665. The topological polar surface area (TPSA) is 62.1 Å². The Morgan fingerprint density at radius 1 is 1.20 bits per heavy atom. The zero-order valence-electron chi connectivity index (χ0n) is 13.1. The molecule has 7 heteroatoms. The van der Waals surface area contributed by atoms with Crippen LogP contribution in [-0.2, 0) is 11.0 Å². The molecule has 0 fully saturated rings. The number of rotatable bonds is 4. The monoisotopic (exact) mass is 346 g/mol. The number of hydrogen-bond donors (Lipinski definition) is 1. The van der Waals surface area contributed by atoms with Crippen LogP contribution in [0.25, 0.3) is 6.08 Å². The third-order valence-corrected chi connectivity index (χ3v) is 3.24. The van der Waals surface area contributed by atoms with E-state index in [1.165, 1.54) is 19.2 Å². The number of anilines is 1. The van der Waals surface area contributed by atoms with Crippen molar-refractivity contribution in [2.75, 3.05) is 12.4 Å². The molecule has 0 aromatic heterocycles. The number of alkyl halides is 3. The van der Waals surface area contributed by atoms with E-state index in [4.69, 9.17) is 10.00 Å². The van der Waals surface area contributed by atoms with Crippen LogP contribution in [0.2, 0.25) is 0 Å². The molecule has 0 heterocycles. The normalized spacial score (nSPS) is 11.6. The van der Waals surface area contributed by atoms with E-state index in [1.54, 1.807) is 30.3 Å². The molecule has 2 rings (SSSR count). The molecule has 4 nitrogen and oxygen atoms in total. The summed E-state index contributed by atoms with van der Waals surface area (Å²) >= 11 is 0. The molecule has 0 saturated carbocycles. The molecule has 0 aliphatic rings. The molecule has 2 aromatic carbocycles. The van der Waals surface area contributed by atoms with Crippen molar-refractivity contribution in [2.45, 2.75) is 6.18 Å². The maximum absolute atomic E-state index is 12.7. The maximum atomic E-state index is 12.7. The summed E-state index contributed by atoms with van der Waals surface area (Å²) in [5.41, 5.74) is -0.628. The van der Waals surface area contributed by atoms with Crippen molar-refractivity contribution in [1.29, 1.82) is 5.26 Å². The molecular weight excluding hydrogens is 333 g/mol. The first-order chi connectivity index (χ1) is 11.8. The van der Waals surface area contributed by atoms with Crippen molar-refractivity contribution in [3.05, 3.63) is 65.2 Å². The molecule has 1 amide bonds. The number of hydrogen-bond acceptors (Lipinski definition) is 3. The highest BCUT2D eigenvalue weighted by atomic mass is 19.4. The molecule has 1 N–H and O–H groups in total. The van der Waals surface area contributed by atoms with E-state index in [1.807, 2.05) is 0 Å². The number of benzene rings is 2. The van der Waals surface area contributed by atoms with Gasteiger partial charge in [0.2, 0.25) is 0 Å². The molecule has 128 valence electrons. The Kier molecular flexibility index (Phi) is 5.45. The van der Waals surface area contributed by atoms with Gasteiger partial charge in [-0.05, 0) is 48.0 Å². The van der Waals surface area contributed by atoms with Crippen LogP contribution in [0.3, 0.4) is 0 Å². The van der Waals surface area contributed by atoms with Gasteiger partial charge < -0.3 is 10.1 Å². The molecule has 0 aliphatic heterocycles. The summed E-state index contributed by atoms with van der Waals surface area (Å²) in [6.07, 6.45) is -3.39. The SMILES string of the molecule is COc1ccc(NC(=O)/C(C#N)=C\c2cccc(C(F)(F)F)c2)cc1. The maximum Gasteiger partial charge on any atom is 0.416 e. The number of nitrogens with one attached hydrogen (secondary N) is 1. The van der Waals surface area contributed by atoms with Gasteiger partial charge in [-0.15, -0.1) is 0 Å². The summed E-state index contributed by atoms with van der Waals surface area (Å²) in [6, 6.07) is 12.5. The number of amides is 1. The lowest BCUT2D eigenvalue weighted by molar-refractivity contribution is -0.137. The van der Waals surface area contributed by atoms with Gasteiger partial charge in [0.05, 0.1) is 12.7 Å². The molecule has 0 spiro atoms.